The van der Waals surface area contributed by atoms with Gasteiger partial charge in [-0.05, 0) is 6.72 Å². The van der Waals surface area contributed by atoms with Crippen LogP contribution >= 0.6 is 0 Å². The van der Waals surface area contributed by atoms with Gasteiger partial charge in [-0.1, -0.05) is 0 Å². The lowest BCUT2D eigenvalue weighted by Gasteiger charge is -1.95. The molecule has 0 saturated carbocycles. The molecular weight excluding hydrogens is 132 g/mol. The summed E-state index contributed by atoms with van der Waals surface area (Å²) in [4.78, 5) is 23.7. The van der Waals surface area contributed by atoms with Gasteiger partial charge in [0.05, 0.1) is 11.9 Å². The molecule has 0 unspecified atom stereocenters. The molecule has 4 heteroatoms. The molecule has 1 amide bonds. The number of allylic oxidation sites excluding steroid dienone is 1. The van der Waals surface area contributed by atoms with Crippen LogP contribution in [-0.2, 0) is 9.59 Å². The summed E-state index contributed by atoms with van der Waals surface area (Å²) in [7, 11) is 0. The van der Waals surface area contributed by atoms with E-state index in [2.05, 4.69) is 17.0 Å². The van der Waals surface area contributed by atoms with Crippen LogP contribution in [0.4, 0.5) is 0 Å². The number of nitrogens with zero attached hydrogens (tertiary/aromatic N) is 1. The van der Waals surface area contributed by atoms with Crippen molar-refractivity contribution in [2.45, 2.75) is 6.92 Å². The molecule has 0 rings (SSSR count). The number of hydrogen-bond donors (Lipinski definition) is 1. The van der Waals surface area contributed by atoms with Crippen molar-refractivity contribution in [3.05, 3.63) is 11.9 Å². The predicted octanol–water partition coefficient (Wildman–Crippen LogP) is -0.137. The Kier molecular flexibility index (Phi) is 3.79. The fourth-order valence-corrected chi connectivity index (χ4v) is 0.394. The van der Waals surface area contributed by atoms with Crippen LogP contribution in [0.2, 0.25) is 0 Å². The van der Waals surface area contributed by atoms with Gasteiger partial charge in [-0.3, -0.25) is 14.6 Å². The number of rotatable bonds is 3. The number of nitrogens with one attached hydrogen (secondary N) is 1. The summed E-state index contributed by atoms with van der Waals surface area (Å²) in [5.74, 6) is -0.304. The van der Waals surface area contributed by atoms with Gasteiger partial charge in [-0.15, -0.1) is 0 Å². The highest BCUT2D eigenvalue weighted by Crippen LogP contribution is 1.82. The molecule has 0 bridgehead atoms. The second-order valence-corrected chi connectivity index (χ2v) is 1.57. The zero-order chi connectivity index (χ0) is 7.98. The fraction of sp³-hybridized carbons (Fsp3) is 0.167. The maximum Gasteiger partial charge on any atom is 0.221 e. The molecule has 0 aliphatic rings. The van der Waals surface area contributed by atoms with Gasteiger partial charge in [-0.2, -0.15) is 0 Å². The number of carbonyl (C=O) groups is 2. The second-order valence-electron chi connectivity index (χ2n) is 1.57. The van der Waals surface area contributed by atoms with E-state index in [0.29, 0.717) is 6.29 Å². The van der Waals surface area contributed by atoms with E-state index in [0.717, 1.165) is 0 Å². The van der Waals surface area contributed by atoms with Crippen molar-refractivity contribution in [1.29, 1.82) is 0 Å². The zero-order valence-electron chi connectivity index (χ0n) is 5.63. The molecule has 4 nitrogen and oxygen atoms in total. The summed E-state index contributed by atoms with van der Waals surface area (Å²) in [5, 5.41) is 2.25. The van der Waals surface area contributed by atoms with Crippen molar-refractivity contribution < 1.29 is 9.59 Å². The summed E-state index contributed by atoms with van der Waals surface area (Å²) in [6.07, 6.45) is 1.67. The molecule has 0 aromatic rings. The Balaban J connectivity index is 4.08. The van der Waals surface area contributed by atoms with Crippen molar-refractivity contribution in [2.24, 2.45) is 4.99 Å². The van der Waals surface area contributed by atoms with Gasteiger partial charge in [0, 0.05) is 6.92 Å². The molecular formula is C6H8N2O2. The van der Waals surface area contributed by atoms with Gasteiger partial charge < -0.3 is 5.32 Å². The largest absolute Gasteiger partial charge is 0.322 e. The molecule has 1 N–H and O–H groups in total. The van der Waals surface area contributed by atoms with Crippen LogP contribution in [0.15, 0.2) is 16.9 Å². The van der Waals surface area contributed by atoms with Crippen LogP contribution < -0.4 is 5.32 Å². The summed E-state index contributed by atoms with van der Waals surface area (Å²) in [6.45, 7) is 4.43. The van der Waals surface area contributed by atoms with Crippen LogP contribution in [0.3, 0.4) is 0 Å². The molecule has 0 spiro atoms. The first kappa shape index (κ1) is 8.55. The van der Waals surface area contributed by atoms with Gasteiger partial charge in [0.25, 0.3) is 0 Å². The highest BCUT2D eigenvalue weighted by Gasteiger charge is 1.94. The van der Waals surface area contributed by atoms with E-state index in [-0.39, 0.29) is 11.6 Å². The topological polar surface area (TPSA) is 58.5 Å². The Bertz CT molecular complexity index is 184. The van der Waals surface area contributed by atoms with Gasteiger partial charge in [0.1, 0.15) is 0 Å². The van der Waals surface area contributed by atoms with Crippen molar-refractivity contribution >= 4 is 18.9 Å². The second kappa shape index (κ2) is 4.43. The van der Waals surface area contributed by atoms with E-state index in [4.69, 9.17) is 0 Å². The number of aliphatic imine (C=N–C) groups is 1. The smallest absolute Gasteiger partial charge is 0.221 e. The number of hydrogen-bond acceptors (Lipinski definition) is 3. The Morgan fingerprint density at radius 1 is 1.70 bits per heavy atom. The summed E-state index contributed by atoms with van der Waals surface area (Å²) in [5.41, 5.74) is 0.113. The zero-order valence-corrected chi connectivity index (χ0v) is 5.63. The molecule has 54 valence electrons. The van der Waals surface area contributed by atoms with Crippen molar-refractivity contribution in [1.82, 2.24) is 5.32 Å². The van der Waals surface area contributed by atoms with Crippen molar-refractivity contribution in [2.75, 3.05) is 0 Å². The highest BCUT2D eigenvalue weighted by atomic mass is 16.2. The third kappa shape index (κ3) is 3.54. The average molecular weight is 140 g/mol. The monoisotopic (exact) mass is 140 g/mol. The lowest BCUT2D eigenvalue weighted by Crippen LogP contribution is -2.19. The molecule has 0 saturated heterocycles. The van der Waals surface area contributed by atoms with Crippen LogP contribution in [-0.4, -0.2) is 18.9 Å². The minimum Gasteiger partial charge on any atom is -0.322 e. The third-order valence-corrected chi connectivity index (χ3v) is 0.678. The lowest BCUT2D eigenvalue weighted by atomic mass is 10.5. The molecule has 10 heavy (non-hydrogen) atoms. The summed E-state index contributed by atoms with van der Waals surface area (Å²) in [6, 6.07) is 0. The molecule has 0 aliphatic carbocycles. The first-order valence-corrected chi connectivity index (χ1v) is 2.59. The van der Waals surface area contributed by atoms with Crippen LogP contribution in [0.25, 0.3) is 0 Å². The molecule has 0 radical (unpaired) electrons. The molecule has 0 aromatic heterocycles. The standard InChI is InChI=1S/C6H8N2O2/c1-5(10)8-6(4-9)3-7-2/h3-4H,2H2,1H3,(H,8,10)/b6-3+. The van der Waals surface area contributed by atoms with E-state index in [1.54, 1.807) is 0 Å². The normalized spacial score (nSPS) is 10.3. The quantitative estimate of drug-likeness (QED) is 0.337. The predicted molar refractivity (Wildman–Crippen MR) is 37.5 cm³/mol. The Morgan fingerprint density at radius 2 is 2.30 bits per heavy atom. The first-order chi connectivity index (χ1) is 4.70. The Morgan fingerprint density at radius 3 is 2.60 bits per heavy atom. The first-order valence-electron chi connectivity index (χ1n) is 2.59. The number of carbonyl (C=O) groups excluding carboxylic acids is 2. The summed E-state index contributed by atoms with van der Waals surface area (Å²) < 4.78 is 0. The maximum atomic E-state index is 10.3. The molecule has 0 heterocycles. The Hall–Kier alpha value is -1.45. The van der Waals surface area contributed by atoms with Gasteiger partial charge in [0.2, 0.25) is 5.91 Å². The van der Waals surface area contributed by atoms with E-state index < -0.39 is 0 Å². The van der Waals surface area contributed by atoms with Crippen LogP contribution in [0.1, 0.15) is 6.92 Å². The molecule has 0 atom stereocenters. The number of aldehydes is 1. The highest BCUT2D eigenvalue weighted by molar-refractivity contribution is 5.84. The summed E-state index contributed by atoms with van der Waals surface area (Å²) >= 11 is 0. The average Bonchev–Trinajstić information content (AvgIpc) is 1.86. The third-order valence-electron chi connectivity index (χ3n) is 0.678. The van der Waals surface area contributed by atoms with E-state index in [1.807, 2.05) is 0 Å². The minimum absolute atomic E-state index is 0.113. The lowest BCUT2D eigenvalue weighted by molar-refractivity contribution is -0.119. The van der Waals surface area contributed by atoms with Crippen LogP contribution in [0, 0.1) is 0 Å². The van der Waals surface area contributed by atoms with Crippen molar-refractivity contribution in [3.8, 4) is 0 Å². The molecule has 0 aromatic carbocycles. The number of amides is 1. The fourth-order valence-electron chi connectivity index (χ4n) is 0.394. The minimum atomic E-state index is -0.304. The maximum absolute atomic E-state index is 10.3. The Labute approximate surface area is 58.6 Å². The SMILES string of the molecule is C=N/C=C(\C=O)NC(C)=O. The van der Waals surface area contributed by atoms with E-state index in [1.165, 1.54) is 13.1 Å². The van der Waals surface area contributed by atoms with Gasteiger partial charge in [0.15, 0.2) is 6.29 Å². The van der Waals surface area contributed by atoms with E-state index in [9.17, 15) is 9.59 Å². The molecule has 0 fully saturated rings. The van der Waals surface area contributed by atoms with E-state index >= 15 is 0 Å². The van der Waals surface area contributed by atoms with Gasteiger partial charge in [-0.25, -0.2) is 0 Å². The van der Waals surface area contributed by atoms with Crippen molar-refractivity contribution in [3.63, 3.8) is 0 Å². The van der Waals surface area contributed by atoms with Gasteiger partial charge >= 0.3 is 0 Å². The molecule has 0 aliphatic heterocycles. The van der Waals surface area contributed by atoms with Crippen LogP contribution in [0.5, 0.6) is 0 Å².